The molecule has 0 bridgehead atoms. The molecule has 2 rings (SSSR count). The molecule has 1 saturated carbocycles. The van der Waals surface area contributed by atoms with Gasteiger partial charge in [0, 0.05) is 12.6 Å². The molecule has 27 heavy (non-hydrogen) atoms. The maximum absolute atomic E-state index is 12.2. The Morgan fingerprint density at radius 2 is 1.56 bits per heavy atom. The van der Waals surface area contributed by atoms with Crippen LogP contribution in [0.15, 0.2) is 24.3 Å². The molecule has 2 N–H and O–H groups in total. The van der Waals surface area contributed by atoms with Gasteiger partial charge in [-0.25, -0.2) is 4.79 Å². The molecule has 0 unspecified atom stereocenters. The van der Waals surface area contributed by atoms with Crippen molar-refractivity contribution in [2.24, 2.45) is 0 Å². The monoisotopic (exact) mass is 374 g/mol. The van der Waals surface area contributed by atoms with E-state index in [1.807, 2.05) is 31.2 Å². The predicted octanol–water partition coefficient (Wildman–Crippen LogP) is 5.74. The van der Waals surface area contributed by atoms with Gasteiger partial charge in [-0.1, -0.05) is 76.0 Å². The number of ether oxygens (including phenoxy) is 1. The Kier molecular flexibility index (Phi) is 10.8. The summed E-state index contributed by atoms with van der Waals surface area (Å²) >= 11 is 0. The van der Waals surface area contributed by atoms with Crippen LogP contribution < -0.4 is 15.4 Å². The first kappa shape index (κ1) is 21.6. The van der Waals surface area contributed by atoms with Crippen molar-refractivity contribution in [3.8, 4) is 5.75 Å². The van der Waals surface area contributed by atoms with Crippen LogP contribution in [-0.2, 0) is 0 Å². The first-order valence-electron chi connectivity index (χ1n) is 11.0. The minimum atomic E-state index is -0.0250. The normalized spacial score (nSPS) is 17.4. The van der Waals surface area contributed by atoms with Crippen molar-refractivity contribution < 1.29 is 9.53 Å². The van der Waals surface area contributed by atoms with Gasteiger partial charge in [-0.15, -0.1) is 0 Å². The number of rotatable bonds is 6. The van der Waals surface area contributed by atoms with Crippen LogP contribution in [0.4, 0.5) is 4.79 Å². The topological polar surface area (TPSA) is 50.4 Å². The lowest BCUT2D eigenvalue weighted by Gasteiger charge is -2.20. The highest BCUT2D eigenvalue weighted by molar-refractivity contribution is 5.74. The quantitative estimate of drug-likeness (QED) is 0.624. The molecule has 1 aromatic rings. The number of nitrogens with one attached hydrogen (secondary N) is 2. The van der Waals surface area contributed by atoms with Crippen molar-refractivity contribution >= 4 is 6.03 Å². The van der Waals surface area contributed by atoms with Crippen molar-refractivity contribution in [2.45, 2.75) is 90.0 Å². The number of para-hydroxylation sites is 1. The molecule has 152 valence electrons. The van der Waals surface area contributed by atoms with E-state index in [1.54, 1.807) is 0 Å². The summed E-state index contributed by atoms with van der Waals surface area (Å²) in [5.74, 6) is 0.926. The fraction of sp³-hybridized carbons (Fsp3) is 0.696. The van der Waals surface area contributed by atoms with Crippen LogP contribution in [0.3, 0.4) is 0 Å². The third-order valence-corrected chi connectivity index (χ3v) is 5.40. The SMILES string of the molecule is Cc1ccccc1OCCCNC(=O)NC1CCCCCCCCCCC1. The second-order valence-corrected chi connectivity index (χ2v) is 7.82. The van der Waals surface area contributed by atoms with E-state index in [0.717, 1.165) is 30.6 Å². The molecule has 0 atom stereocenters. The maximum atomic E-state index is 12.2. The van der Waals surface area contributed by atoms with E-state index in [2.05, 4.69) is 10.6 Å². The Labute approximate surface area is 165 Å². The highest BCUT2D eigenvalue weighted by atomic mass is 16.5. The van der Waals surface area contributed by atoms with Gasteiger partial charge >= 0.3 is 6.03 Å². The largest absolute Gasteiger partial charge is 0.493 e. The first-order chi connectivity index (χ1) is 13.3. The second kappa shape index (κ2) is 13.5. The van der Waals surface area contributed by atoms with Crippen molar-refractivity contribution in [3.05, 3.63) is 29.8 Å². The fourth-order valence-corrected chi connectivity index (χ4v) is 3.72. The Morgan fingerprint density at radius 1 is 0.963 bits per heavy atom. The molecule has 0 spiro atoms. The lowest BCUT2D eigenvalue weighted by molar-refractivity contribution is 0.232. The average molecular weight is 375 g/mol. The van der Waals surface area contributed by atoms with Gasteiger partial charge in [-0.2, -0.15) is 0 Å². The van der Waals surface area contributed by atoms with Crippen molar-refractivity contribution in [1.82, 2.24) is 10.6 Å². The van der Waals surface area contributed by atoms with E-state index in [1.165, 1.54) is 57.8 Å². The third kappa shape index (κ3) is 9.69. The second-order valence-electron chi connectivity index (χ2n) is 7.82. The number of aryl methyl sites for hydroxylation is 1. The Hall–Kier alpha value is -1.71. The van der Waals surface area contributed by atoms with Crippen LogP contribution in [0.1, 0.15) is 82.6 Å². The van der Waals surface area contributed by atoms with E-state index in [0.29, 0.717) is 19.2 Å². The van der Waals surface area contributed by atoms with E-state index >= 15 is 0 Å². The maximum Gasteiger partial charge on any atom is 0.315 e. The van der Waals surface area contributed by atoms with Gasteiger partial charge in [0.2, 0.25) is 0 Å². The van der Waals surface area contributed by atoms with E-state index in [4.69, 9.17) is 4.74 Å². The smallest absolute Gasteiger partial charge is 0.315 e. The molecule has 1 aromatic carbocycles. The highest BCUT2D eigenvalue weighted by Gasteiger charge is 2.12. The summed E-state index contributed by atoms with van der Waals surface area (Å²) in [4.78, 5) is 12.2. The number of urea groups is 1. The van der Waals surface area contributed by atoms with E-state index < -0.39 is 0 Å². The fourth-order valence-electron chi connectivity index (χ4n) is 3.72. The minimum absolute atomic E-state index is 0.0250. The summed E-state index contributed by atoms with van der Waals surface area (Å²) in [6.45, 7) is 3.31. The van der Waals surface area contributed by atoms with E-state index in [-0.39, 0.29) is 6.03 Å². The molecule has 1 aliphatic rings. The summed E-state index contributed by atoms with van der Waals surface area (Å²) in [5.41, 5.74) is 1.14. The van der Waals surface area contributed by atoms with Crippen molar-refractivity contribution in [2.75, 3.05) is 13.2 Å². The van der Waals surface area contributed by atoms with Gasteiger partial charge in [0.05, 0.1) is 6.61 Å². The lowest BCUT2D eigenvalue weighted by Crippen LogP contribution is -2.42. The molecular weight excluding hydrogens is 336 g/mol. The number of amides is 2. The van der Waals surface area contributed by atoms with Gasteiger partial charge in [0.15, 0.2) is 0 Å². The predicted molar refractivity (Wildman–Crippen MR) is 112 cm³/mol. The number of carbonyl (C=O) groups is 1. The molecular formula is C23H38N2O2. The van der Waals surface area contributed by atoms with Crippen LogP contribution in [0.2, 0.25) is 0 Å². The number of hydrogen-bond donors (Lipinski definition) is 2. The third-order valence-electron chi connectivity index (χ3n) is 5.40. The van der Waals surface area contributed by atoms with Crippen LogP contribution in [0.5, 0.6) is 5.75 Å². The number of hydrogen-bond acceptors (Lipinski definition) is 2. The molecule has 0 saturated heterocycles. The number of benzene rings is 1. The molecule has 0 aliphatic heterocycles. The zero-order valence-corrected chi connectivity index (χ0v) is 17.1. The highest BCUT2D eigenvalue weighted by Crippen LogP contribution is 2.17. The van der Waals surface area contributed by atoms with Gasteiger partial charge in [-0.05, 0) is 37.8 Å². The van der Waals surface area contributed by atoms with Crippen LogP contribution in [0.25, 0.3) is 0 Å². The molecule has 0 aromatic heterocycles. The number of carbonyl (C=O) groups excluding carboxylic acids is 1. The average Bonchev–Trinajstić information content (AvgIpc) is 2.65. The van der Waals surface area contributed by atoms with Gasteiger partial charge in [-0.3, -0.25) is 0 Å². The van der Waals surface area contributed by atoms with Gasteiger partial charge < -0.3 is 15.4 Å². The molecule has 1 fully saturated rings. The van der Waals surface area contributed by atoms with Crippen molar-refractivity contribution in [3.63, 3.8) is 0 Å². The first-order valence-corrected chi connectivity index (χ1v) is 11.0. The molecule has 0 heterocycles. The zero-order chi connectivity index (χ0) is 19.2. The Balaban J connectivity index is 1.60. The van der Waals surface area contributed by atoms with Crippen LogP contribution in [-0.4, -0.2) is 25.2 Å². The van der Waals surface area contributed by atoms with Gasteiger partial charge in [0.1, 0.15) is 5.75 Å². The summed E-state index contributed by atoms with van der Waals surface area (Å²) in [5, 5.41) is 6.18. The standard InChI is InChI=1S/C23H38N2O2/c1-20-14-11-12-17-22(20)27-19-13-18-24-23(26)25-21-15-9-7-5-3-2-4-6-8-10-16-21/h11-12,14,17,21H,2-10,13,15-16,18-19H2,1H3,(H2,24,25,26). The summed E-state index contributed by atoms with van der Waals surface area (Å²) in [6.07, 6.45) is 15.0. The molecule has 2 amide bonds. The zero-order valence-electron chi connectivity index (χ0n) is 17.1. The lowest BCUT2D eigenvalue weighted by atomic mass is 9.98. The molecule has 0 radical (unpaired) electrons. The van der Waals surface area contributed by atoms with Gasteiger partial charge in [0.25, 0.3) is 0 Å². The molecule has 4 nitrogen and oxygen atoms in total. The van der Waals surface area contributed by atoms with Crippen LogP contribution in [0, 0.1) is 6.92 Å². The summed E-state index contributed by atoms with van der Waals surface area (Å²) in [7, 11) is 0. The van der Waals surface area contributed by atoms with E-state index in [9.17, 15) is 4.79 Å². The summed E-state index contributed by atoms with van der Waals surface area (Å²) < 4.78 is 5.78. The van der Waals surface area contributed by atoms with Crippen molar-refractivity contribution in [1.29, 1.82) is 0 Å². The Bertz CT molecular complexity index is 521. The minimum Gasteiger partial charge on any atom is -0.493 e. The molecule has 1 aliphatic carbocycles. The summed E-state index contributed by atoms with van der Waals surface area (Å²) in [6, 6.07) is 8.33. The Morgan fingerprint density at radius 3 is 2.19 bits per heavy atom. The molecule has 4 heteroatoms. The van der Waals surface area contributed by atoms with Crippen LogP contribution >= 0.6 is 0 Å².